The van der Waals surface area contributed by atoms with E-state index < -0.39 is 8.60 Å². The molecule has 2 heterocycles. The number of halogens is 1. The molecule has 134 valence electrons. The number of hydrogen-bond acceptors (Lipinski definition) is 6. The molecule has 0 spiro atoms. The van der Waals surface area contributed by atoms with Crippen LogP contribution in [-0.2, 0) is 11.3 Å². The topological polar surface area (TPSA) is 86.0 Å². The lowest BCUT2D eigenvalue weighted by molar-refractivity contribution is 0.174. The van der Waals surface area contributed by atoms with Gasteiger partial charge in [0.25, 0.3) is 0 Å². The monoisotopic (exact) mass is 436 g/mol. The van der Waals surface area contributed by atoms with Gasteiger partial charge in [-0.05, 0) is 36.4 Å². The molecule has 3 aromatic rings. The van der Waals surface area contributed by atoms with Crippen molar-refractivity contribution in [3.63, 3.8) is 0 Å². The number of fused-ring (bicyclic) bond motifs is 1. The van der Waals surface area contributed by atoms with Crippen LogP contribution in [0.25, 0.3) is 22.5 Å². The predicted octanol–water partition coefficient (Wildman–Crippen LogP) is 3.89. The molecule has 0 saturated heterocycles. The van der Waals surface area contributed by atoms with E-state index in [0.29, 0.717) is 17.2 Å². The van der Waals surface area contributed by atoms with Crippen molar-refractivity contribution in [1.29, 1.82) is 0 Å². The smallest absolute Gasteiger partial charge is 0.328 e. The molecule has 0 unspecified atom stereocenters. The maximum Gasteiger partial charge on any atom is 0.328 e. The van der Waals surface area contributed by atoms with Crippen LogP contribution in [0.5, 0.6) is 11.5 Å². The van der Waals surface area contributed by atoms with E-state index in [0.717, 1.165) is 21.3 Å². The zero-order valence-corrected chi connectivity index (χ0v) is 15.9. The molecule has 0 amide bonds. The van der Waals surface area contributed by atoms with Crippen LogP contribution in [0.2, 0.25) is 0 Å². The van der Waals surface area contributed by atoms with Crippen molar-refractivity contribution in [2.45, 2.75) is 6.73 Å². The van der Waals surface area contributed by atoms with Crippen LogP contribution in [0.3, 0.4) is 0 Å². The van der Waals surface area contributed by atoms with Crippen molar-refractivity contribution in [2.75, 3.05) is 6.79 Å². The Morgan fingerprint density at radius 2 is 1.92 bits per heavy atom. The molecule has 1 aromatic heterocycles. The first-order valence-electron chi connectivity index (χ1n) is 7.65. The minimum atomic E-state index is -2.47. The van der Waals surface area contributed by atoms with Crippen molar-refractivity contribution >= 4 is 24.5 Å². The maximum atomic E-state index is 9.07. The summed E-state index contributed by atoms with van der Waals surface area (Å²) in [6.07, 6.45) is 0. The number of ether oxygens (including phenoxy) is 2. The fourth-order valence-electron chi connectivity index (χ4n) is 2.70. The highest BCUT2D eigenvalue weighted by molar-refractivity contribution is 9.10. The number of rotatable bonds is 5. The van der Waals surface area contributed by atoms with Gasteiger partial charge in [0.15, 0.2) is 11.5 Å². The van der Waals surface area contributed by atoms with Crippen molar-refractivity contribution in [3.05, 3.63) is 53.0 Å². The molecule has 2 N–H and O–H groups in total. The molecule has 4 rings (SSSR count). The average Bonchev–Trinajstić information content (AvgIpc) is 3.26. The largest absolute Gasteiger partial charge is 0.454 e. The Balaban J connectivity index is 1.75. The highest BCUT2D eigenvalue weighted by Gasteiger charge is 2.17. The maximum absolute atomic E-state index is 9.07. The molecular formula is C17H14BrN2O5P. The Hall–Kier alpha value is -1.96. The molecule has 9 heteroatoms. The normalized spacial score (nSPS) is 12.8. The molecule has 0 fully saturated rings. The Bertz CT molecular complexity index is 947. The Morgan fingerprint density at radius 3 is 2.73 bits per heavy atom. The lowest BCUT2D eigenvalue weighted by atomic mass is 10.1. The van der Waals surface area contributed by atoms with Gasteiger partial charge in [-0.2, -0.15) is 5.10 Å². The van der Waals surface area contributed by atoms with Gasteiger partial charge >= 0.3 is 8.60 Å². The standard InChI is InChI=1S/C17H14BrN2O5P/c18-13-3-1-2-12(6-13)15-8-14(19-20(15)9-25-26(21)22)11-4-5-16-17(7-11)24-10-23-16/h1-8,21-22H,9-10H2. The predicted molar refractivity (Wildman–Crippen MR) is 99.4 cm³/mol. The van der Waals surface area contributed by atoms with E-state index in [1.54, 1.807) is 4.68 Å². The van der Waals surface area contributed by atoms with Gasteiger partial charge in [-0.25, -0.2) is 4.68 Å². The number of hydrogen-bond donors (Lipinski definition) is 2. The van der Waals surface area contributed by atoms with E-state index in [-0.39, 0.29) is 13.5 Å². The lowest BCUT2D eigenvalue weighted by Gasteiger charge is -2.08. The zero-order chi connectivity index (χ0) is 18.1. The first kappa shape index (κ1) is 17.5. The van der Waals surface area contributed by atoms with Crippen LogP contribution in [0, 0.1) is 0 Å². The van der Waals surface area contributed by atoms with E-state index in [1.807, 2.05) is 48.5 Å². The van der Waals surface area contributed by atoms with Gasteiger partial charge in [0, 0.05) is 15.6 Å². The van der Waals surface area contributed by atoms with E-state index >= 15 is 0 Å². The molecule has 0 radical (unpaired) electrons. The van der Waals surface area contributed by atoms with Crippen molar-refractivity contribution in [3.8, 4) is 34.0 Å². The third-order valence-corrected chi connectivity index (χ3v) is 4.70. The lowest BCUT2D eigenvalue weighted by Crippen LogP contribution is -2.04. The summed E-state index contributed by atoms with van der Waals surface area (Å²) in [5.41, 5.74) is 3.28. The fraction of sp³-hybridized carbons (Fsp3) is 0.118. The van der Waals surface area contributed by atoms with E-state index in [9.17, 15) is 0 Å². The second kappa shape index (κ2) is 7.34. The number of aromatic nitrogens is 2. The fourth-order valence-corrected chi connectivity index (χ4v) is 3.31. The van der Waals surface area contributed by atoms with Crippen molar-refractivity contribution in [1.82, 2.24) is 9.78 Å². The van der Waals surface area contributed by atoms with Gasteiger partial charge in [-0.1, -0.05) is 28.1 Å². The summed E-state index contributed by atoms with van der Waals surface area (Å²) in [7, 11) is -2.47. The molecule has 1 aliphatic rings. The highest BCUT2D eigenvalue weighted by atomic mass is 79.9. The van der Waals surface area contributed by atoms with Crippen LogP contribution < -0.4 is 9.47 Å². The first-order chi connectivity index (χ1) is 12.6. The summed E-state index contributed by atoms with van der Waals surface area (Å²) >= 11 is 3.46. The molecule has 2 aromatic carbocycles. The van der Waals surface area contributed by atoms with Crippen LogP contribution in [0.4, 0.5) is 0 Å². The second-order valence-corrected chi connectivity index (χ2v) is 7.18. The summed E-state index contributed by atoms with van der Waals surface area (Å²) in [6, 6.07) is 15.3. The van der Waals surface area contributed by atoms with Gasteiger partial charge in [0.05, 0.1) is 11.4 Å². The molecule has 26 heavy (non-hydrogen) atoms. The Kier molecular flexibility index (Phi) is 4.93. The zero-order valence-electron chi connectivity index (χ0n) is 13.4. The number of benzene rings is 2. The van der Waals surface area contributed by atoms with Crippen LogP contribution >= 0.6 is 24.5 Å². The Morgan fingerprint density at radius 1 is 1.08 bits per heavy atom. The second-order valence-electron chi connectivity index (χ2n) is 5.50. The SMILES string of the molecule is OP(O)OCn1nc(-c2ccc3c(c2)OCO3)cc1-c1cccc(Br)c1. The minimum Gasteiger partial charge on any atom is -0.454 e. The molecule has 0 bridgehead atoms. The van der Waals surface area contributed by atoms with Gasteiger partial charge in [-0.3, -0.25) is 4.52 Å². The summed E-state index contributed by atoms with van der Waals surface area (Å²) in [5, 5.41) is 4.55. The summed E-state index contributed by atoms with van der Waals surface area (Å²) in [4.78, 5) is 18.1. The quantitative estimate of drug-likeness (QED) is 0.590. The van der Waals surface area contributed by atoms with Crippen molar-refractivity contribution in [2.24, 2.45) is 0 Å². The minimum absolute atomic E-state index is 0.0783. The van der Waals surface area contributed by atoms with Crippen molar-refractivity contribution < 1.29 is 23.8 Å². The highest BCUT2D eigenvalue weighted by Crippen LogP contribution is 2.37. The molecule has 0 saturated carbocycles. The van der Waals surface area contributed by atoms with E-state index in [2.05, 4.69) is 21.0 Å². The van der Waals surface area contributed by atoms with Gasteiger partial charge in [0.2, 0.25) is 6.79 Å². The summed E-state index contributed by atoms with van der Waals surface area (Å²) < 4.78 is 18.2. The Labute approximate surface area is 158 Å². The van der Waals surface area contributed by atoms with E-state index in [4.69, 9.17) is 23.8 Å². The molecular weight excluding hydrogens is 423 g/mol. The van der Waals surface area contributed by atoms with Crippen LogP contribution in [-0.4, -0.2) is 26.4 Å². The van der Waals surface area contributed by atoms with Gasteiger partial charge in [0.1, 0.15) is 6.73 Å². The van der Waals surface area contributed by atoms with Crippen LogP contribution in [0.15, 0.2) is 53.0 Å². The first-order valence-corrected chi connectivity index (χ1v) is 9.60. The molecule has 1 aliphatic heterocycles. The summed E-state index contributed by atoms with van der Waals surface area (Å²) in [6.45, 7) is 0.131. The average molecular weight is 437 g/mol. The van der Waals surface area contributed by atoms with Crippen LogP contribution in [0.1, 0.15) is 0 Å². The third-order valence-electron chi connectivity index (χ3n) is 3.86. The van der Waals surface area contributed by atoms with Gasteiger partial charge in [-0.15, -0.1) is 0 Å². The summed E-state index contributed by atoms with van der Waals surface area (Å²) in [5.74, 6) is 1.38. The number of nitrogens with zero attached hydrogens (tertiary/aromatic N) is 2. The van der Waals surface area contributed by atoms with Gasteiger partial charge < -0.3 is 19.3 Å². The molecule has 7 nitrogen and oxygen atoms in total. The molecule has 0 aliphatic carbocycles. The molecule has 0 atom stereocenters. The van der Waals surface area contributed by atoms with E-state index in [1.165, 1.54) is 0 Å². The third kappa shape index (κ3) is 3.60.